The van der Waals surface area contributed by atoms with Crippen molar-refractivity contribution >= 4 is 21.8 Å². The highest BCUT2D eigenvalue weighted by molar-refractivity contribution is 9.10. The van der Waals surface area contributed by atoms with Gasteiger partial charge in [0.05, 0.1) is 7.11 Å². The Kier molecular flexibility index (Phi) is 2.81. The maximum absolute atomic E-state index is 12.7. The van der Waals surface area contributed by atoms with Gasteiger partial charge in [0, 0.05) is 10.5 Å². The van der Waals surface area contributed by atoms with Gasteiger partial charge in [0.25, 0.3) is 0 Å². The molecule has 0 radical (unpaired) electrons. The Morgan fingerprint density at radius 3 is 2.83 bits per heavy atom. The van der Waals surface area contributed by atoms with E-state index in [1.807, 2.05) is 0 Å². The van der Waals surface area contributed by atoms with Crippen LogP contribution in [0.4, 0.5) is 4.39 Å². The summed E-state index contributed by atoms with van der Waals surface area (Å²) < 4.78 is 18.1. The molecule has 0 aromatic carbocycles. The summed E-state index contributed by atoms with van der Waals surface area (Å²) in [6, 6.07) is 3.29. The molecule has 0 aliphatic rings. The first-order valence-corrected chi connectivity index (χ1v) is 3.99. The predicted octanol–water partition coefficient (Wildman–Crippen LogP) is 2.79. The second-order valence-corrected chi connectivity index (χ2v) is 2.94. The van der Waals surface area contributed by atoms with E-state index in [2.05, 4.69) is 27.5 Å². The van der Waals surface area contributed by atoms with Crippen molar-refractivity contribution in [1.82, 2.24) is 4.98 Å². The van der Waals surface area contributed by atoms with Gasteiger partial charge in [-0.15, -0.1) is 0 Å². The number of methoxy groups -OCH3 is 1. The lowest BCUT2D eigenvalue weighted by molar-refractivity contribution is 0.397. The van der Waals surface area contributed by atoms with Crippen LogP contribution in [0.15, 0.2) is 23.2 Å². The summed E-state index contributed by atoms with van der Waals surface area (Å²) in [6.45, 7) is 3.15. The number of aromatic nitrogens is 1. The van der Waals surface area contributed by atoms with Gasteiger partial charge in [0.2, 0.25) is 5.88 Å². The Bertz CT molecular complexity index is 314. The van der Waals surface area contributed by atoms with Crippen molar-refractivity contribution in [3.63, 3.8) is 0 Å². The van der Waals surface area contributed by atoms with Gasteiger partial charge in [-0.3, -0.25) is 0 Å². The van der Waals surface area contributed by atoms with Gasteiger partial charge >= 0.3 is 0 Å². The Balaban J connectivity index is 3.17. The van der Waals surface area contributed by atoms with Crippen molar-refractivity contribution in [2.24, 2.45) is 0 Å². The van der Waals surface area contributed by atoms with Crippen molar-refractivity contribution in [2.45, 2.75) is 0 Å². The van der Waals surface area contributed by atoms with E-state index in [0.29, 0.717) is 10.4 Å². The van der Waals surface area contributed by atoms with Gasteiger partial charge in [0.15, 0.2) is 0 Å². The van der Waals surface area contributed by atoms with Crippen LogP contribution in [0.3, 0.4) is 0 Å². The fourth-order valence-electron chi connectivity index (χ4n) is 0.728. The van der Waals surface area contributed by atoms with Crippen LogP contribution in [0.2, 0.25) is 0 Å². The molecule has 0 fully saturated rings. The molecule has 1 aromatic rings. The van der Waals surface area contributed by atoms with Gasteiger partial charge in [-0.2, -0.15) is 0 Å². The summed E-state index contributed by atoms with van der Waals surface area (Å²) >= 11 is 3.14. The lowest BCUT2D eigenvalue weighted by Gasteiger charge is -2.02. The molecule has 1 rings (SSSR count). The van der Waals surface area contributed by atoms with Crippen LogP contribution >= 0.6 is 15.9 Å². The SMILES string of the molecule is C=C(F)c1nc(OC)ccc1Br. The third kappa shape index (κ3) is 1.82. The first-order valence-electron chi connectivity index (χ1n) is 3.20. The molecule has 0 atom stereocenters. The molecule has 0 amide bonds. The van der Waals surface area contributed by atoms with Crippen molar-refractivity contribution < 1.29 is 9.13 Å². The van der Waals surface area contributed by atoms with Crippen molar-refractivity contribution in [1.29, 1.82) is 0 Å². The Morgan fingerprint density at radius 1 is 1.67 bits per heavy atom. The fraction of sp³-hybridized carbons (Fsp3) is 0.125. The molecule has 0 bridgehead atoms. The van der Waals surface area contributed by atoms with Crippen molar-refractivity contribution in [3.8, 4) is 5.88 Å². The molecule has 0 aliphatic carbocycles. The summed E-state index contributed by atoms with van der Waals surface area (Å²) in [7, 11) is 1.47. The smallest absolute Gasteiger partial charge is 0.213 e. The van der Waals surface area contributed by atoms with Gasteiger partial charge in [-0.1, -0.05) is 6.58 Å². The van der Waals surface area contributed by atoms with Crippen LogP contribution in [0.25, 0.3) is 5.83 Å². The lowest BCUT2D eigenvalue weighted by atomic mass is 10.3. The van der Waals surface area contributed by atoms with Crippen molar-refractivity contribution in [2.75, 3.05) is 7.11 Å². The fourth-order valence-corrected chi connectivity index (χ4v) is 1.16. The van der Waals surface area contributed by atoms with Gasteiger partial charge < -0.3 is 4.74 Å². The van der Waals surface area contributed by atoms with E-state index in [1.54, 1.807) is 12.1 Å². The standard InChI is InChI=1S/C8H7BrFNO/c1-5(10)8-6(9)3-4-7(11-8)12-2/h3-4H,1H2,2H3. The second kappa shape index (κ2) is 3.67. The summed E-state index contributed by atoms with van der Waals surface area (Å²) in [4.78, 5) is 3.85. The number of hydrogen-bond donors (Lipinski definition) is 0. The zero-order valence-electron chi connectivity index (χ0n) is 6.47. The maximum atomic E-state index is 12.7. The number of nitrogens with zero attached hydrogens (tertiary/aromatic N) is 1. The molecule has 4 heteroatoms. The van der Waals surface area contributed by atoms with Crippen LogP contribution in [-0.2, 0) is 0 Å². The largest absolute Gasteiger partial charge is 0.481 e. The quantitative estimate of drug-likeness (QED) is 0.782. The molecular weight excluding hydrogens is 225 g/mol. The van der Waals surface area contributed by atoms with Gasteiger partial charge in [-0.25, -0.2) is 9.37 Å². The third-order valence-corrected chi connectivity index (χ3v) is 1.93. The van der Waals surface area contributed by atoms with E-state index in [1.165, 1.54) is 7.11 Å². The molecule has 2 nitrogen and oxygen atoms in total. The minimum atomic E-state index is -0.583. The number of halogens is 2. The number of rotatable bonds is 2. The molecule has 0 unspecified atom stereocenters. The molecular formula is C8H7BrFNO. The van der Waals surface area contributed by atoms with Crippen LogP contribution in [0.1, 0.15) is 5.69 Å². The van der Waals surface area contributed by atoms with Crippen LogP contribution in [-0.4, -0.2) is 12.1 Å². The number of hydrogen-bond acceptors (Lipinski definition) is 2. The van der Waals surface area contributed by atoms with E-state index in [-0.39, 0.29) is 5.69 Å². The molecule has 0 spiro atoms. The Hall–Kier alpha value is -0.900. The number of pyridine rings is 1. The van der Waals surface area contributed by atoms with Crippen molar-refractivity contribution in [3.05, 3.63) is 28.9 Å². The Morgan fingerprint density at radius 2 is 2.33 bits per heavy atom. The first kappa shape index (κ1) is 9.19. The van der Waals surface area contributed by atoms with E-state index in [9.17, 15) is 4.39 Å². The zero-order valence-corrected chi connectivity index (χ0v) is 8.06. The topological polar surface area (TPSA) is 22.1 Å². The van der Waals surface area contributed by atoms with E-state index >= 15 is 0 Å². The molecule has 0 aliphatic heterocycles. The second-order valence-electron chi connectivity index (χ2n) is 2.09. The van der Waals surface area contributed by atoms with Gasteiger partial charge in [0.1, 0.15) is 11.5 Å². The normalized spacial score (nSPS) is 9.58. The van der Waals surface area contributed by atoms with Crippen LogP contribution < -0.4 is 4.74 Å². The molecule has 1 aromatic heterocycles. The molecule has 0 saturated heterocycles. The minimum absolute atomic E-state index is 0.175. The van der Waals surface area contributed by atoms with Gasteiger partial charge in [-0.05, 0) is 22.0 Å². The summed E-state index contributed by atoms with van der Waals surface area (Å²) in [5.74, 6) is -0.215. The highest BCUT2D eigenvalue weighted by Crippen LogP contribution is 2.24. The summed E-state index contributed by atoms with van der Waals surface area (Å²) in [5, 5.41) is 0. The molecule has 1 heterocycles. The Labute approximate surface area is 78.2 Å². The first-order chi connectivity index (χ1) is 5.65. The maximum Gasteiger partial charge on any atom is 0.213 e. The highest BCUT2D eigenvalue weighted by Gasteiger charge is 2.06. The lowest BCUT2D eigenvalue weighted by Crippen LogP contribution is -1.91. The number of ether oxygens (including phenoxy) is 1. The summed E-state index contributed by atoms with van der Waals surface area (Å²) in [6.07, 6.45) is 0. The average molecular weight is 232 g/mol. The monoisotopic (exact) mass is 231 g/mol. The molecule has 0 N–H and O–H groups in total. The summed E-state index contributed by atoms with van der Waals surface area (Å²) in [5.41, 5.74) is 0.175. The zero-order chi connectivity index (χ0) is 9.14. The predicted molar refractivity (Wildman–Crippen MR) is 48.6 cm³/mol. The third-order valence-electron chi connectivity index (χ3n) is 1.29. The van der Waals surface area contributed by atoms with Crippen LogP contribution in [0.5, 0.6) is 5.88 Å². The van der Waals surface area contributed by atoms with Crippen LogP contribution in [0, 0.1) is 0 Å². The van der Waals surface area contributed by atoms with E-state index in [4.69, 9.17) is 4.74 Å². The minimum Gasteiger partial charge on any atom is -0.481 e. The molecule has 0 saturated carbocycles. The van der Waals surface area contributed by atoms with E-state index in [0.717, 1.165) is 0 Å². The molecule has 64 valence electrons. The highest BCUT2D eigenvalue weighted by atomic mass is 79.9. The van der Waals surface area contributed by atoms with E-state index < -0.39 is 5.83 Å². The molecule has 12 heavy (non-hydrogen) atoms. The average Bonchev–Trinajstić information content (AvgIpc) is 2.05.